The zero-order valence-electron chi connectivity index (χ0n) is 7.66. The Hall–Kier alpha value is -0.650. The van der Waals surface area contributed by atoms with Crippen LogP contribution in [0.2, 0.25) is 0 Å². The molecule has 76 valence electrons. The second-order valence-corrected chi connectivity index (χ2v) is 3.04. The molecule has 2 N–H and O–H groups in total. The summed E-state index contributed by atoms with van der Waals surface area (Å²) in [7, 11) is 0. The molecule has 0 amide bonds. The number of hydrogen-bond acceptors (Lipinski definition) is 4. The van der Waals surface area contributed by atoms with Crippen LogP contribution in [-0.2, 0) is 9.53 Å². The molecule has 0 aromatic heterocycles. The van der Waals surface area contributed by atoms with Crippen molar-refractivity contribution in [2.75, 3.05) is 45.9 Å². The molecule has 0 aromatic rings. The minimum Gasteiger partial charge on any atom is -0.480 e. The van der Waals surface area contributed by atoms with Gasteiger partial charge in [0.05, 0.1) is 6.61 Å². The highest BCUT2D eigenvalue weighted by atomic mass is 16.5. The SMILES string of the molecule is O=C(O)COCCN1CCNCC1. The first-order valence-electron chi connectivity index (χ1n) is 4.51. The largest absolute Gasteiger partial charge is 0.480 e. The summed E-state index contributed by atoms with van der Waals surface area (Å²) in [5, 5.41) is 11.5. The first kappa shape index (κ1) is 10.4. The topological polar surface area (TPSA) is 61.8 Å². The van der Waals surface area contributed by atoms with Crippen LogP contribution >= 0.6 is 0 Å². The third-order valence-corrected chi connectivity index (χ3v) is 1.99. The normalized spacial score (nSPS) is 18.8. The third-order valence-electron chi connectivity index (χ3n) is 1.99. The van der Waals surface area contributed by atoms with E-state index in [4.69, 9.17) is 9.84 Å². The number of aliphatic carboxylic acids is 1. The predicted molar refractivity (Wildman–Crippen MR) is 47.8 cm³/mol. The number of carboxylic acid groups (broad SMARTS) is 1. The van der Waals surface area contributed by atoms with E-state index in [9.17, 15) is 4.79 Å². The lowest BCUT2D eigenvalue weighted by molar-refractivity contribution is -0.142. The summed E-state index contributed by atoms with van der Waals surface area (Å²) < 4.78 is 4.94. The predicted octanol–water partition coefficient (Wildman–Crippen LogP) is -1.01. The van der Waals surface area contributed by atoms with E-state index < -0.39 is 5.97 Å². The van der Waals surface area contributed by atoms with Crippen molar-refractivity contribution in [3.8, 4) is 0 Å². The quantitative estimate of drug-likeness (QED) is 0.541. The molecule has 1 aliphatic heterocycles. The average Bonchev–Trinajstić information content (AvgIpc) is 2.14. The van der Waals surface area contributed by atoms with Crippen molar-refractivity contribution in [1.29, 1.82) is 0 Å². The summed E-state index contributed by atoms with van der Waals surface area (Å²) in [5.74, 6) is -0.902. The molecular formula is C8H16N2O3. The lowest BCUT2D eigenvalue weighted by atomic mass is 10.4. The smallest absolute Gasteiger partial charge is 0.329 e. The molecule has 1 heterocycles. The monoisotopic (exact) mass is 188 g/mol. The lowest BCUT2D eigenvalue weighted by Gasteiger charge is -2.26. The Morgan fingerprint density at radius 3 is 2.77 bits per heavy atom. The van der Waals surface area contributed by atoms with Gasteiger partial charge in [0.15, 0.2) is 0 Å². The molecule has 5 nitrogen and oxygen atoms in total. The number of nitrogens with zero attached hydrogens (tertiary/aromatic N) is 1. The van der Waals surface area contributed by atoms with Crippen molar-refractivity contribution in [3.05, 3.63) is 0 Å². The molecule has 1 fully saturated rings. The maximum absolute atomic E-state index is 10.1. The van der Waals surface area contributed by atoms with E-state index in [0.717, 1.165) is 32.7 Å². The molecule has 13 heavy (non-hydrogen) atoms. The molecular weight excluding hydrogens is 172 g/mol. The Labute approximate surface area is 77.7 Å². The van der Waals surface area contributed by atoms with Gasteiger partial charge in [0.1, 0.15) is 6.61 Å². The summed E-state index contributed by atoms with van der Waals surface area (Å²) >= 11 is 0. The van der Waals surface area contributed by atoms with Gasteiger partial charge in [-0.05, 0) is 0 Å². The van der Waals surface area contributed by atoms with E-state index in [1.54, 1.807) is 0 Å². The zero-order chi connectivity index (χ0) is 9.52. The molecule has 1 saturated heterocycles. The van der Waals surface area contributed by atoms with Crippen molar-refractivity contribution in [2.45, 2.75) is 0 Å². The molecule has 1 aliphatic rings. The van der Waals surface area contributed by atoms with Gasteiger partial charge in [-0.3, -0.25) is 4.90 Å². The maximum atomic E-state index is 10.1. The molecule has 0 radical (unpaired) electrons. The van der Waals surface area contributed by atoms with Crippen molar-refractivity contribution in [3.63, 3.8) is 0 Å². The van der Waals surface area contributed by atoms with E-state index >= 15 is 0 Å². The van der Waals surface area contributed by atoms with E-state index in [2.05, 4.69) is 10.2 Å². The van der Waals surface area contributed by atoms with Crippen LogP contribution in [0.15, 0.2) is 0 Å². The lowest BCUT2D eigenvalue weighted by Crippen LogP contribution is -2.44. The number of piperazine rings is 1. The van der Waals surface area contributed by atoms with Gasteiger partial charge < -0.3 is 15.2 Å². The second kappa shape index (κ2) is 5.90. The Morgan fingerprint density at radius 2 is 2.15 bits per heavy atom. The fourth-order valence-electron chi connectivity index (χ4n) is 1.29. The highest BCUT2D eigenvalue weighted by Gasteiger charge is 2.08. The van der Waals surface area contributed by atoms with Crippen molar-refractivity contribution < 1.29 is 14.6 Å². The average molecular weight is 188 g/mol. The van der Waals surface area contributed by atoms with E-state index in [-0.39, 0.29) is 6.61 Å². The fourth-order valence-corrected chi connectivity index (χ4v) is 1.29. The Morgan fingerprint density at radius 1 is 1.46 bits per heavy atom. The van der Waals surface area contributed by atoms with Gasteiger partial charge in [-0.2, -0.15) is 0 Å². The van der Waals surface area contributed by atoms with E-state index in [1.807, 2.05) is 0 Å². The molecule has 0 aliphatic carbocycles. The second-order valence-electron chi connectivity index (χ2n) is 3.04. The molecule has 1 rings (SSSR count). The number of carboxylic acids is 1. The van der Waals surface area contributed by atoms with Gasteiger partial charge in [-0.25, -0.2) is 4.79 Å². The molecule has 0 saturated carbocycles. The number of rotatable bonds is 5. The Kier molecular flexibility index (Phi) is 4.74. The van der Waals surface area contributed by atoms with Crippen LogP contribution in [0.25, 0.3) is 0 Å². The van der Waals surface area contributed by atoms with E-state index in [0.29, 0.717) is 6.61 Å². The number of ether oxygens (including phenoxy) is 1. The van der Waals surface area contributed by atoms with Crippen LogP contribution in [0.5, 0.6) is 0 Å². The van der Waals surface area contributed by atoms with Gasteiger partial charge in [-0.1, -0.05) is 0 Å². The summed E-state index contributed by atoms with van der Waals surface area (Å²) in [6, 6.07) is 0. The first-order valence-corrected chi connectivity index (χ1v) is 4.51. The minimum atomic E-state index is -0.902. The van der Waals surface area contributed by atoms with Crippen LogP contribution in [0.1, 0.15) is 0 Å². The van der Waals surface area contributed by atoms with Crippen LogP contribution in [0.4, 0.5) is 0 Å². The highest BCUT2D eigenvalue weighted by molar-refractivity contribution is 5.67. The molecule has 0 unspecified atom stereocenters. The summed E-state index contributed by atoms with van der Waals surface area (Å²) in [4.78, 5) is 12.4. The summed E-state index contributed by atoms with van der Waals surface area (Å²) in [5.41, 5.74) is 0. The Balaban J connectivity index is 1.95. The van der Waals surface area contributed by atoms with Gasteiger partial charge >= 0.3 is 5.97 Å². The van der Waals surface area contributed by atoms with Crippen LogP contribution in [0.3, 0.4) is 0 Å². The first-order chi connectivity index (χ1) is 6.29. The summed E-state index contributed by atoms with van der Waals surface area (Å²) in [6.45, 7) is 5.22. The number of carbonyl (C=O) groups is 1. The molecule has 0 bridgehead atoms. The van der Waals surface area contributed by atoms with Crippen molar-refractivity contribution in [1.82, 2.24) is 10.2 Å². The van der Waals surface area contributed by atoms with Crippen LogP contribution in [0, 0.1) is 0 Å². The molecule has 0 atom stereocenters. The van der Waals surface area contributed by atoms with Crippen molar-refractivity contribution in [2.24, 2.45) is 0 Å². The van der Waals surface area contributed by atoms with Crippen LogP contribution < -0.4 is 5.32 Å². The molecule has 0 spiro atoms. The van der Waals surface area contributed by atoms with Gasteiger partial charge in [0.2, 0.25) is 0 Å². The van der Waals surface area contributed by atoms with Gasteiger partial charge in [0.25, 0.3) is 0 Å². The minimum absolute atomic E-state index is 0.188. The van der Waals surface area contributed by atoms with Gasteiger partial charge in [-0.15, -0.1) is 0 Å². The number of nitrogens with one attached hydrogen (secondary N) is 1. The van der Waals surface area contributed by atoms with Crippen LogP contribution in [-0.4, -0.2) is 61.9 Å². The molecule has 0 aromatic carbocycles. The maximum Gasteiger partial charge on any atom is 0.329 e. The standard InChI is InChI=1S/C8H16N2O3/c11-8(12)7-13-6-5-10-3-1-9-2-4-10/h9H,1-7H2,(H,11,12). The summed E-state index contributed by atoms with van der Waals surface area (Å²) in [6.07, 6.45) is 0. The Bertz CT molecular complexity index is 157. The van der Waals surface area contributed by atoms with Crippen molar-refractivity contribution >= 4 is 5.97 Å². The molecule has 5 heteroatoms. The van der Waals surface area contributed by atoms with E-state index in [1.165, 1.54) is 0 Å². The zero-order valence-corrected chi connectivity index (χ0v) is 7.66. The number of hydrogen-bond donors (Lipinski definition) is 2. The fraction of sp³-hybridized carbons (Fsp3) is 0.875. The highest BCUT2D eigenvalue weighted by Crippen LogP contribution is 1.91. The van der Waals surface area contributed by atoms with Gasteiger partial charge in [0, 0.05) is 32.7 Å². The third kappa shape index (κ3) is 4.82.